The van der Waals surface area contributed by atoms with Crippen molar-refractivity contribution < 1.29 is 44.0 Å². The van der Waals surface area contributed by atoms with Crippen LogP contribution >= 0.6 is 0 Å². The zero-order valence-electron chi connectivity index (χ0n) is 16.7. The van der Waals surface area contributed by atoms with E-state index in [1.165, 1.54) is 24.9 Å². The van der Waals surface area contributed by atoms with Crippen molar-refractivity contribution in [1.82, 2.24) is 4.90 Å². The molecule has 30 heavy (non-hydrogen) atoms. The average Bonchev–Trinajstić information content (AvgIpc) is 3.00. The topological polar surface area (TPSA) is 159 Å². The van der Waals surface area contributed by atoms with Gasteiger partial charge in [0.1, 0.15) is 0 Å². The smallest absolute Gasteiger partial charge is 0.335 e. The Bertz CT molecular complexity index is 762. The Labute approximate surface area is 173 Å². The van der Waals surface area contributed by atoms with Gasteiger partial charge in [-0.1, -0.05) is 19.2 Å². The van der Waals surface area contributed by atoms with Crippen LogP contribution in [0.15, 0.2) is 61.6 Å². The number of carboxylic acids is 3. The number of ether oxygens (including phenoxy) is 1. The van der Waals surface area contributed by atoms with Gasteiger partial charge in [0.15, 0.2) is 0 Å². The first kappa shape index (κ1) is 28.3. The van der Waals surface area contributed by atoms with Gasteiger partial charge in [-0.15, -0.1) is 6.58 Å². The van der Waals surface area contributed by atoms with Crippen molar-refractivity contribution in [3.63, 3.8) is 0 Å². The number of carbonyl (C=O) groups excluding carboxylic acids is 2. The van der Waals surface area contributed by atoms with Crippen LogP contribution in [0.4, 0.5) is 0 Å². The van der Waals surface area contributed by atoms with E-state index in [1.54, 1.807) is 6.08 Å². The van der Waals surface area contributed by atoms with Crippen LogP contribution in [-0.2, 0) is 28.7 Å². The minimum absolute atomic E-state index is 0.0441. The number of esters is 1. The van der Waals surface area contributed by atoms with Crippen molar-refractivity contribution in [2.75, 3.05) is 6.54 Å². The van der Waals surface area contributed by atoms with Crippen LogP contribution in [0.1, 0.15) is 20.3 Å². The van der Waals surface area contributed by atoms with E-state index in [1.807, 2.05) is 0 Å². The number of nitrogens with zero attached hydrogens (tertiary/aromatic N) is 1. The minimum Gasteiger partial charge on any atom is -0.478 e. The molecule has 0 spiro atoms. The third-order valence-corrected chi connectivity index (χ3v) is 3.21. The molecule has 0 bridgehead atoms. The number of rotatable bonds is 7. The highest BCUT2D eigenvalue weighted by Crippen LogP contribution is 2.18. The van der Waals surface area contributed by atoms with E-state index >= 15 is 0 Å². The van der Waals surface area contributed by atoms with Crippen molar-refractivity contribution in [3.8, 4) is 0 Å². The van der Waals surface area contributed by atoms with Crippen molar-refractivity contribution in [2.24, 2.45) is 5.92 Å². The van der Waals surface area contributed by atoms with Gasteiger partial charge in [-0.2, -0.15) is 0 Å². The van der Waals surface area contributed by atoms with E-state index in [0.717, 1.165) is 18.4 Å². The summed E-state index contributed by atoms with van der Waals surface area (Å²) in [5.41, 5.74) is -0.276. The van der Waals surface area contributed by atoms with E-state index in [9.17, 15) is 24.0 Å². The zero-order valence-corrected chi connectivity index (χ0v) is 16.7. The first-order chi connectivity index (χ1) is 13.9. The maximum atomic E-state index is 11.4. The molecule has 1 unspecified atom stereocenters. The summed E-state index contributed by atoms with van der Waals surface area (Å²) in [6.07, 6.45) is 6.67. The number of carbonyl (C=O) groups is 5. The van der Waals surface area contributed by atoms with E-state index in [2.05, 4.69) is 24.5 Å². The van der Waals surface area contributed by atoms with E-state index in [-0.39, 0.29) is 28.9 Å². The van der Waals surface area contributed by atoms with Gasteiger partial charge >= 0.3 is 23.9 Å². The summed E-state index contributed by atoms with van der Waals surface area (Å²) in [6, 6.07) is 0. The van der Waals surface area contributed by atoms with Crippen molar-refractivity contribution in [3.05, 3.63) is 61.6 Å². The molecular weight excluding hydrogens is 398 g/mol. The number of hydrogen-bond donors (Lipinski definition) is 3. The quantitative estimate of drug-likeness (QED) is 0.183. The molecule has 1 amide bonds. The number of likely N-dealkylation sites (tertiary alicyclic amines) is 1. The highest BCUT2D eigenvalue weighted by Gasteiger charge is 2.27. The molecule has 10 nitrogen and oxygen atoms in total. The summed E-state index contributed by atoms with van der Waals surface area (Å²) in [7, 11) is 0. The molecule has 0 aromatic rings. The third-order valence-electron chi connectivity index (χ3n) is 3.21. The van der Waals surface area contributed by atoms with E-state index < -0.39 is 17.9 Å². The number of carboxylic acid groups (broad SMARTS) is 3. The van der Waals surface area contributed by atoms with Crippen LogP contribution in [0.25, 0.3) is 0 Å². The zero-order chi connectivity index (χ0) is 23.9. The minimum atomic E-state index is -1.22. The highest BCUT2D eigenvalue weighted by molar-refractivity contribution is 5.93. The van der Waals surface area contributed by atoms with Crippen LogP contribution in [0.5, 0.6) is 0 Å². The molecule has 0 radical (unpaired) electrons. The standard InChI is InChI=1S/C9H11NO3.C7H8O4.C4H6O2/c1-2-7-3-5-10(9(7)13)6-4-8(11)12;1-4(6(8)9)3-5(2)7(10)11;1-3-6-4(2)5/h2,4,6-7H,1,3,5H2,(H,11,12);3H,1H2,2H3,(H,8,9)(H,10,11);3H,1H2,2H3. The Morgan fingerprint density at radius 2 is 1.67 bits per heavy atom. The van der Waals surface area contributed by atoms with Gasteiger partial charge in [0.25, 0.3) is 0 Å². The summed E-state index contributed by atoms with van der Waals surface area (Å²) in [6.45, 7) is 13.0. The Balaban J connectivity index is 0. The van der Waals surface area contributed by atoms with E-state index in [4.69, 9.17) is 15.3 Å². The Kier molecular flexibility index (Phi) is 14.2. The summed E-state index contributed by atoms with van der Waals surface area (Å²) >= 11 is 0. The molecule has 0 saturated carbocycles. The fourth-order valence-corrected chi connectivity index (χ4v) is 1.75. The van der Waals surface area contributed by atoms with Crippen LogP contribution in [0, 0.1) is 5.92 Å². The van der Waals surface area contributed by atoms with Crippen molar-refractivity contribution >= 4 is 29.8 Å². The summed E-state index contributed by atoms with van der Waals surface area (Å²) in [4.78, 5) is 53.0. The Morgan fingerprint density at radius 3 is 1.97 bits per heavy atom. The average molecular weight is 423 g/mol. The molecule has 164 valence electrons. The molecule has 0 aromatic carbocycles. The molecule has 1 aliphatic rings. The molecule has 10 heteroatoms. The molecule has 1 atom stereocenters. The maximum Gasteiger partial charge on any atom is 0.335 e. The molecule has 0 aliphatic carbocycles. The summed E-state index contributed by atoms with van der Waals surface area (Å²) in [5, 5.41) is 24.9. The second kappa shape index (κ2) is 15.0. The number of aliphatic carboxylic acids is 3. The first-order valence-corrected chi connectivity index (χ1v) is 8.33. The molecule has 1 saturated heterocycles. The summed E-state index contributed by atoms with van der Waals surface area (Å²) < 4.78 is 4.17. The van der Waals surface area contributed by atoms with Gasteiger partial charge in [0.05, 0.1) is 17.8 Å². The fourth-order valence-electron chi connectivity index (χ4n) is 1.75. The SMILES string of the molecule is C=C(C=C(C)C(=O)O)C(=O)O.C=CC1CCN(C=CC(=O)O)C1=O.C=COC(C)=O. The predicted octanol–water partition coefficient (Wildman–Crippen LogP) is 1.97. The van der Waals surface area contributed by atoms with Gasteiger partial charge in [-0.25, -0.2) is 14.4 Å². The van der Waals surface area contributed by atoms with Crippen molar-refractivity contribution in [2.45, 2.75) is 20.3 Å². The fraction of sp³-hybridized carbons (Fsp3) is 0.250. The first-order valence-electron chi connectivity index (χ1n) is 8.33. The second-order valence-corrected chi connectivity index (χ2v) is 5.56. The maximum absolute atomic E-state index is 11.4. The van der Waals surface area contributed by atoms with Crippen LogP contribution in [0.2, 0.25) is 0 Å². The largest absolute Gasteiger partial charge is 0.478 e. The molecule has 1 heterocycles. The molecular formula is C20H25NO9. The van der Waals surface area contributed by atoms with Crippen LogP contribution in [0.3, 0.4) is 0 Å². The second-order valence-electron chi connectivity index (χ2n) is 5.56. The van der Waals surface area contributed by atoms with Gasteiger partial charge < -0.3 is 25.0 Å². The molecule has 1 fully saturated rings. The van der Waals surface area contributed by atoms with Gasteiger partial charge in [-0.3, -0.25) is 9.59 Å². The van der Waals surface area contributed by atoms with Crippen LogP contribution < -0.4 is 0 Å². The Morgan fingerprint density at radius 1 is 1.10 bits per heavy atom. The summed E-state index contributed by atoms with van der Waals surface area (Å²) in [5.74, 6) is -3.97. The number of hydrogen-bond acceptors (Lipinski definition) is 6. The normalized spacial score (nSPS) is 15.1. The highest BCUT2D eigenvalue weighted by atomic mass is 16.5. The lowest BCUT2D eigenvalue weighted by Gasteiger charge is -2.08. The lowest BCUT2D eigenvalue weighted by atomic mass is 10.1. The predicted molar refractivity (Wildman–Crippen MR) is 107 cm³/mol. The lowest BCUT2D eigenvalue weighted by Crippen LogP contribution is -2.21. The Hall–Kier alpha value is -3.95. The van der Waals surface area contributed by atoms with Gasteiger partial charge in [0.2, 0.25) is 5.91 Å². The third kappa shape index (κ3) is 13.3. The molecule has 1 rings (SSSR count). The van der Waals surface area contributed by atoms with E-state index in [0.29, 0.717) is 13.0 Å². The molecule has 0 aromatic heterocycles. The van der Waals surface area contributed by atoms with Crippen molar-refractivity contribution in [1.29, 1.82) is 0 Å². The van der Waals surface area contributed by atoms with Gasteiger partial charge in [-0.05, 0) is 19.4 Å². The molecule has 1 aliphatic heterocycles. The van der Waals surface area contributed by atoms with Gasteiger partial charge in [0, 0.05) is 31.3 Å². The van der Waals surface area contributed by atoms with Crippen LogP contribution in [-0.4, -0.2) is 56.5 Å². The molecule has 3 N–H and O–H groups in total. The number of amides is 1. The monoisotopic (exact) mass is 423 g/mol. The lowest BCUT2D eigenvalue weighted by molar-refractivity contribution is -0.135.